The predicted octanol–water partition coefficient (Wildman–Crippen LogP) is 5.25. The zero-order valence-corrected chi connectivity index (χ0v) is 18.7. The standard InChI is InChI=1S/C23H36N4O.ClH/c1-2-3-4-5-6-7-8-9-10-20-11-13-21(14-12-20)23-25-22(28-26-23)19-27-17-15-24-16-18-27;/h11-14,24H,2-10,15-19H2,1H3;1H. The van der Waals surface area contributed by atoms with Gasteiger partial charge in [-0.2, -0.15) is 4.98 Å². The molecular formula is C23H37ClN4O. The van der Waals surface area contributed by atoms with Crippen molar-refractivity contribution in [3.05, 3.63) is 35.7 Å². The fourth-order valence-electron chi connectivity index (χ4n) is 3.78. The number of aromatic nitrogens is 2. The van der Waals surface area contributed by atoms with Gasteiger partial charge < -0.3 is 9.84 Å². The summed E-state index contributed by atoms with van der Waals surface area (Å²) in [5.41, 5.74) is 2.44. The van der Waals surface area contributed by atoms with Crippen molar-refractivity contribution in [2.45, 2.75) is 71.3 Å². The summed E-state index contributed by atoms with van der Waals surface area (Å²) in [5, 5.41) is 7.53. The Morgan fingerprint density at radius 3 is 2.28 bits per heavy atom. The van der Waals surface area contributed by atoms with Gasteiger partial charge in [0.05, 0.1) is 6.54 Å². The van der Waals surface area contributed by atoms with Crippen LogP contribution in [-0.4, -0.2) is 41.2 Å². The summed E-state index contributed by atoms with van der Waals surface area (Å²) in [6.07, 6.45) is 12.1. The van der Waals surface area contributed by atoms with Crippen molar-refractivity contribution < 1.29 is 4.52 Å². The van der Waals surface area contributed by atoms with Gasteiger partial charge in [-0.3, -0.25) is 4.90 Å². The molecule has 0 saturated carbocycles. The van der Waals surface area contributed by atoms with E-state index in [0.29, 0.717) is 11.7 Å². The lowest BCUT2D eigenvalue weighted by Gasteiger charge is -2.25. The number of rotatable bonds is 12. The Morgan fingerprint density at radius 2 is 1.59 bits per heavy atom. The fraction of sp³-hybridized carbons (Fsp3) is 0.652. The minimum absolute atomic E-state index is 0. The molecule has 162 valence electrons. The first-order valence-corrected chi connectivity index (χ1v) is 11.2. The van der Waals surface area contributed by atoms with Crippen molar-refractivity contribution in [3.63, 3.8) is 0 Å². The lowest BCUT2D eigenvalue weighted by Crippen LogP contribution is -2.42. The third kappa shape index (κ3) is 8.45. The minimum atomic E-state index is 0. The predicted molar refractivity (Wildman–Crippen MR) is 121 cm³/mol. The molecule has 0 radical (unpaired) electrons. The Labute approximate surface area is 182 Å². The molecule has 1 aliphatic rings. The molecule has 29 heavy (non-hydrogen) atoms. The van der Waals surface area contributed by atoms with Crippen molar-refractivity contribution in [3.8, 4) is 11.4 Å². The van der Waals surface area contributed by atoms with E-state index in [1.165, 1.54) is 56.9 Å². The number of benzene rings is 1. The molecule has 1 N–H and O–H groups in total. The second-order valence-corrected chi connectivity index (χ2v) is 7.96. The highest BCUT2D eigenvalue weighted by atomic mass is 35.5. The van der Waals surface area contributed by atoms with E-state index >= 15 is 0 Å². The highest BCUT2D eigenvalue weighted by Gasteiger charge is 2.15. The first kappa shape index (κ1) is 23.8. The highest BCUT2D eigenvalue weighted by molar-refractivity contribution is 5.85. The molecular weight excluding hydrogens is 384 g/mol. The van der Waals surface area contributed by atoms with Crippen LogP contribution in [0.1, 0.15) is 69.7 Å². The quantitative estimate of drug-likeness (QED) is 0.475. The van der Waals surface area contributed by atoms with Crippen molar-refractivity contribution in [1.29, 1.82) is 0 Å². The molecule has 0 atom stereocenters. The average Bonchev–Trinajstić information content (AvgIpc) is 3.20. The van der Waals surface area contributed by atoms with E-state index in [1.54, 1.807) is 0 Å². The van der Waals surface area contributed by atoms with E-state index in [1.807, 2.05) is 0 Å². The van der Waals surface area contributed by atoms with Gasteiger partial charge in [-0.25, -0.2) is 0 Å². The lowest BCUT2D eigenvalue weighted by atomic mass is 10.0. The van der Waals surface area contributed by atoms with Crippen LogP contribution in [0.15, 0.2) is 28.8 Å². The fourth-order valence-corrected chi connectivity index (χ4v) is 3.78. The largest absolute Gasteiger partial charge is 0.338 e. The summed E-state index contributed by atoms with van der Waals surface area (Å²) in [5.74, 6) is 1.41. The summed E-state index contributed by atoms with van der Waals surface area (Å²) in [6.45, 7) is 7.14. The molecule has 2 aromatic rings. The van der Waals surface area contributed by atoms with E-state index in [2.05, 4.69) is 51.5 Å². The lowest BCUT2D eigenvalue weighted by molar-refractivity contribution is 0.203. The van der Waals surface area contributed by atoms with Gasteiger partial charge in [-0.15, -0.1) is 12.4 Å². The summed E-state index contributed by atoms with van der Waals surface area (Å²) in [4.78, 5) is 6.93. The molecule has 0 bridgehead atoms. The zero-order valence-electron chi connectivity index (χ0n) is 17.9. The van der Waals surface area contributed by atoms with Gasteiger partial charge in [0.1, 0.15) is 0 Å². The van der Waals surface area contributed by atoms with Crippen molar-refractivity contribution in [2.24, 2.45) is 0 Å². The Balaban J connectivity index is 0.00000300. The van der Waals surface area contributed by atoms with E-state index in [4.69, 9.17) is 4.52 Å². The molecule has 1 fully saturated rings. The van der Waals surface area contributed by atoms with Crippen LogP contribution in [0, 0.1) is 0 Å². The van der Waals surface area contributed by atoms with E-state index in [-0.39, 0.29) is 12.4 Å². The summed E-state index contributed by atoms with van der Waals surface area (Å²) in [6, 6.07) is 8.67. The van der Waals surface area contributed by atoms with Crippen LogP contribution in [0.2, 0.25) is 0 Å². The molecule has 1 aromatic heterocycles. The maximum atomic E-state index is 5.46. The van der Waals surface area contributed by atoms with Crippen molar-refractivity contribution in [2.75, 3.05) is 26.2 Å². The van der Waals surface area contributed by atoms with Crippen LogP contribution in [0.4, 0.5) is 0 Å². The number of piperazine rings is 1. The molecule has 5 nitrogen and oxygen atoms in total. The summed E-state index contributed by atoms with van der Waals surface area (Å²) < 4.78 is 5.46. The van der Waals surface area contributed by atoms with Crippen LogP contribution in [0.5, 0.6) is 0 Å². The summed E-state index contributed by atoms with van der Waals surface area (Å²) in [7, 11) is 0. The second kappa shape index (κ2) is 13.7. The molecule has 0 aliphatic carbocycles. The molecule has 2 heterocycles. The van der Waals surface area contributed by atoms with Crippen molar-refractivity contribution >= 4 is 12.4 Å². The number of nitrogens with zero attached hydrogens (tertiary/aromatic N) is 3. The van der Waals surface area contributed by atoms with Gasteiger partial charge in [-0.05, 0) is 18.4 Å². The number of unbranched alkanes of at least 4 members (excludes halogenated alkanes) is 7. The van der Waals surface area contributed by atoms with Crippen LogP contribution in [-0.2, 0) is 13.0 Å². The van der Waals surface area contributed by atoms with Gasteiger partial charge in [0.25, 0.3) is 0 Å². The van der Waals surface area contributed by atoms with Crippen molar-refractivity contribution in [1.82, 2.24) is 20.4 Å². The van der Waals surface area contributed by atoms with E-state index in [0.717, 1.165) is 44.7 Å². The van der Waals surface area contributed by atoms with Crippen LogP contribution >= 0.6 is 12.4 Å². The molecule has 0 spiro atoms. The van der Waals surface area contributed by atoms with Crippen LogP contribution in [0.3, 0.4) is 0 Å². The minimum Gasteiger partial charge on any atom is -0.338 e. The van der Waals surface area contributed by atoms with Gasteiger partial charge in [0.2, 0.25) is 11.7 Å². The molecule has 6 heteroatoms. The number of hydrogen-bond donors (Lipinski definition) is 1. The zero-order chi connectivity index (χ0) is 19.4. The molecule has 1 aliphatic heterocycles. The van der Waals surface area contributed by atoms with E-state index in [9.17, 15) is 0 Å². The highest BCUT2D eigenvalue weighted by Crippen LogP contribution is 2.19. The number of halogens is 1. The Kier molecular flexibility index (Phi) is 11.3. The van der Waals surface area contributed by atoms with Gasteiger partial charge in [-0.1, -0.05) is 81.3 Å². The second-order valence-electron chi connectivity index (χ2n) is 7.96. The van der Waals surface area contributed by atoms with E-state index < -0.39 is 0 Å². The third-order valence-corrected chi connectivity index (χ3v) is 5.57. The number of hydrogen-bond acceptors (Lipinski definition) is 5. The molecule has 0 unspecified atom stereocenters. The smallest absolute Gasteiger partial charge is 0.241 e. The van der Waals surface area contributed by atoms with Gasteiger partial charge in [0.15, 0.2) is 0 Å². The Hall–Kier alpha value is -1.43. The molecule has 1 saturated heterocycles. The Morgan fingerprint density at radius 1 is 0.931 bits per heavy atom. The number of nitrogens with one attached hydrogen (secondary N) is 1. The van der Waals surface area contributed by atoms with Crippen LogP contribution < -0.4 is 5.32 Å². The van der Waals surface area contributed by atoms with Gasteiger partial charge in [0, 0.05) is 31.7 Å². The average molecular weight is 421 g/mol. The molecule has 0 amide bonds. The first-order chi connectivity index (χ1) is 13.8. The SMILES string of the molecule is CCCCCCCCCCc1ccc(-c2noc(CN3CCNCC3)n2)cc1.Cl. The maximum Gasteiger partial charge on any atom is 0.241 e. The Bertz CT molecular complexity index is 668. The third-order valence-electron chi connectivity index (χ3n) is 5.57. The summed E-state index contributed by atoms with van der Waals surface area (Å²) >= 11 is 0. The first-order valence-electron chi connectivity index (χ1n) is 11.2. The monoisotopic (exact) mass is 420 g/mol. The topological polar surface area (TPSA) is 54.2 Å². The van der Waals surface area contributed by atoms with Crippen LogP contribution in [0.25, 0.3) is 11.4 Å². The molecule has 1 aromatic carbocycles. The molecule has 3 rings (SSSR count). The van der Waals surface area contributed by atoms with Gasteiger partial charge >= 0.3 is 0 Å². The maximum absolute atomic E-state index is 5.46. The normalized spacial score (nSPS) is 14.7. The number of aryl methyl sites for hydroxylation is 1.